The van der Waals surface area contributed by atoms with E-state index in [4.69, 9.17) is 25.1 Å². The second-order valence-electron chi connectivity index (χ2n) is 5.06. The third-order valence-corrected chi connectivity index (χ3v) is 5.06. The van der Waals surface area contributed by atoms with Gasteiger partial charge in [-0.15, -0.1) is 0 Å². The van der Waals surface area contributed by atoms with Crippen LogP contribution in [-0.2, 0) is 18.5 Å². The van der Waals surface area contributed by atoms with Crippen molar-refractivity contribution in [1.82, 2.24) is 0 Å². The molecule has 0 aromatic heterocycles. The third kappa shape index (κ3) is 2.66. The van der Waals surface area contributed by atoms with Crippen molar-refractivity contribution in [2.75, 3.05) is 19.8 Å². The molecule has 5 nitrogen and oxygen atoms in total. The second kappa shape index (κ2) is 6.03. The Labute approximate surface area is 116 Å². The van der Waals surface area contributed by atoms with Gasteiger partial charge in [0.25, 0.3) is 0 Å². The van der Waals surface area contributed by atoms with E-state index < -0.39 is 8.38 Å². The summed E-state index contributed by atoms with van der Waals surface area (Å²) < 4.78 is 23.7. The van der Waals surface area contributed by atoms with Gasteiger partial charge in [0, 0.05) is 6.66 Å². The highest BCUT2D eigenvalue weighted by Gasteiger charge is 2.64. The van der Waals surface area contributed by atoms with Gasteiger partial charge in [-0.2, -0.15) is 0 Å². The minimum Gasteiger partial charge on any atom is -0.367 e. The summed E-state index contributed by atoms with van der Waals surface area (Å²) in [5.74, 6) is 0. The lowest BCUT2D eigenvalue weighted by atomic mass is 9.90. The van der Waals surface area contributed by atoms with Crippen molar-refractivity contribution in [2.24, 2.45) is 0 Å². The van der Waals surface area contributed by atoms with Crippen LogP contribution in [0.1, 0.15) is 27.2 Å². The van der Waals surface area contributed by atoms with Crippen LogP contribution in [0.25, 0.3) is 4.85 Å². The molecule has 0 radical (unpaired) electrons. The van der Waals surface area contributed by atoms with E-state index in [0.29, 0.717) is 13.2 Å². The molecule has 0 aromatic rings. The van der Waals surface area contributed by atoms with E-state index in [1.165, 1.54) is 0 Å². The lowest BCUT2D eigenvalue weighted by Crippen LogP contribution is -2.46. The van der Waals surface area contributed by atoms with Crippen molar-refractivity contribution in [2.45, 2.75) is 57.2 Å². The summed E-state index contributed by atoms with van der Waals surface area (Å²) in [7, 11) is -0.995. The molecule has 6 heteroatoms. The first-order chi connectivity index (χ1) is 9.05. The molecular formula is C13H22NO4P. The van der Waals surface area contributed by atoms with Crippen LogP contribution >= 0.6 is 8.38 Å². The van der Waals surface area contributed by atoms with Gasteiger partial charge in [-0.3, -0.25) is 0 Å². The Kier molecular flexibility index (Phi) is 4.81. The molecule has 2 aliphatic heterocycles. The number of hydrogen-bond donors (Lipinski definition) is 0. The highest BCUT2D eigenvalue weighted by Crippen LogP contribution is 2.52. The predicted molar refractivity (Wildman–Crippen MR) is 73.0 cm³/mol. The summed E-state index contributed by atoms with van der Waals surface area (Å²) in [5.41, 5.74) is -0.343. The molecule has 1 unspecified atom stereocenters. The fourth-order valence-electron chi connectivity index (χ4n) is 2.99. The maximum Gasteiger partial charge on any atom is 0.238 e. The highest BCUT2D eigenvalue weighted by atomic mass is 31.2. The molecule has 0 saturated carbocycles. The molecule has 0 amide bonds. The Morgan fingerprint density at radius 3 is 2.79 bits per heavy atom. The van der Waals surface area contributed by atoms with Gasteiger partial charge in [-0.1, -0.05) is 6.92 Å². The molecule has 2 rings (SSSR count). The topological polar surface area (TPSA) is 41.3 Å². The predicted octanol–water partition coefficient (Wildman–Crippen LogP) is 2.60. The van der Waals surface area contributed by atoms with E-state index in [1.807, 2.05) is 20.5 Å². The van der Waals surface area contributed by atoms with Crippen molar-refractivity contribution >= 4 is 8.38 Å². The fourth-order valence-corrected chi connectivity index (χ4v) is 4.01. The SMILES string of the molecule is [C-]#[N+]CCOP(C)O[C@H]1[C@H]2O[C@@H](C)[C@]1(CC)O[C@H]2C. The van der Waals surface area contributed by atoms with Gasteiger partial charge in [-0.25, -0.2) is 6.57 Å². The summed E-state index contributed by atoms with van der Waals surface area (Å²) in [5, 5.41) is 0. The van der Waals surface area contributed by atoms with E-state index >= 15 is 0 Å². The molecule has 6 atom stereocenters. The maximum absolute atomic E-state index is 6.73. The van der Waals surface area contributed by atoms with E-state index in [0.717, 1.165) is 6.42 Å². The van der Waals surface area contributed by atoms with Crippen LogP contribution in [0, 0.1) is 6.57 Å². The lowest BCUT2D eigenvalue weighted by molar-refractivity contribution is -0.176. The second-order valence-corrected chi connectivity index (χ2v) is 6.40. The average Bonchev–Trinajstić information content (AvgIpc) is 2.78. The third-order valence-electron chi connectivity index (χ3n) is 3.99. The monoisotopic (exact) mass is 287 g/mol. The summed E-state index contributed by atoms with van der Waals surface area (Å²) in [6.07, 6.45) is 0.907. The molecular weight excluding hydrogens is 265 g/mol. The Hall–Kier alpha value is -0.240. The number of ether oxygens (including phenoxy) is 2. The van der Waals surface area contributed by atoms with E-state index in [2.05, 4.69) is 11.8 Å². The smallest absolute Gasteiger partial charge is 0.238 e. The molecule has 0 N–H and O–H groups in total. The van der Waals surface area contributed by atoms with Crippen LogP contribution in [0.4, 0.5) is 0 Å². The molecule has 0 aliphatic carbocycles. The Morgan fingerprint density at radius 2 is 2.16 bits per heavy atom. The zero-order valence-electron chi connectivity index (χ0n) is 12.0. The summed E-state index contributed by atoms with van der Waals surface area (Å²) in [6, 6.07) is 0. The van der Waals surface area contributed by atoms with Gasteiger partial charge < -0.3 is 23.4 Å². The van der Waals surface area contributed by atoms with E-state index in [9.17, 15) is 0 Å². The van der Waals surface area contributed by atoms with Gasteiger partial charge in [0.2, 0.25) is 6.54 Å². The summed E-state index contributed by atoms with van der Waals surface area (Å²) in [4.78, 5) is 3.27. The first-order valence-corrected chi connectivity index (χ1v) is 8.37. The molecule has 108 valence electrons. The standard InChI is InChI=1S/C13H22NO4P/c1-6-13-10(3)16-11(9(2)17-13)12(13)18-19(5)15-8-7-14-4/h9-12H,6-8H2,1-3,5H3/t9-,10-,11-,12-,13-,19?/m0/s1. The van der Waals surface area contributed by atoms with Crippen LogP contribution in [0.5, 0.6) is 0 Å². The molecule has 2 bridgehead atoms. The normalized spacial score (nSPS) is 42.3. The fraction of sp³-hybridized carbons (Fsp3) is 0.923. The Balaban J connectivity index is 1.98. The van der Waals surface area contributed by atoms with Gasteiger partial charge in [0.05, 0.1) is 12.2 Å². The van der Waals surface area contributed by atoms with Gasteiger partial charge in [0.1, 0.15) is 24.4 Å². The quantitative estimate of drug-likeness (QED) is 0.428. The minimum absolute atomic E-state index is 0.00985. The Morgan fingerprint density at radius 1 is 1.42 bits per heavy atom. The molecule has 2 heterocycles. The van der Waals surface area contributed by atoms with Gasteiger partial charge in [-0.05, 0) is 20.3 Å². The largest absolute Gasteiger partial charge is 0.367 e. The van der Waals surface area contributed by atoms with Crippen molar-refractivity contribution in [3.63, 3.8) is 0 Å². The molecule has 0 spiro atoms. The zero-order chi connectivity index (χ0) is 14.0. The average molecular weight is 287 g/mol. The lowest BCUT2D eigenvalue weighted by Gasteiger charge is -2.35. The number of fused-ring (bicyclic) bond motifs is 2. The van der Waals surface area contributed by atoms with Crippen molar-refractivity contribution < 1.29 is 18.5 Å². The van der Waals surface area contributed by atoms with Gasteiger partial charge >= 0.3 is 0 Å². The molecule has 2 aliphatic rings. The van der Waals surface area contributed by atoms with E-state index in [1.54, 1.807) is 0 Å². The number of hydrogen-bond acceptors (Lipinski definition) is 4. The minimum atomic E-state index is -0.995. The number of rotatable bonds is 6. The first kappa shape index (κ1) is 15.2. The van der Waals surface area contributed by atoms with Crippen LogP contribution < -0.4 is 0 Å². The van der Waals surface area contributed by atoms with Crippen LogP contribution in [0.2, 0.25) is 0 Å². The summed E-state index contributed by atoms with van der Waals surface area (Å²) in [6.45, 7) is 15.6. The highest BCUT2D eigenvalue weighted by molar-refractivity contribution is 7.46. The van der Waals surface area contributed by atoms with Crippen molar-refractivity contribution in [3.8, 4) is 0 Å². The van der Waals surface area contributed by atoms with Gasteiger partial charge in [0.15, 0.2) is 8.38 Å². The Bertz CT molecular complexity index is 361. The van der Waals surface area contributed by atoms with Crippen molar-refractivity contribution in [3.05, 3.63) is 11.4 Å². The maximum atomic E-state index is 6.73. The number of nitrogens with zero attached hydrogens (tertiary/aromatic N) is 1. The summed E-state index contributed by atoms with van der Waals surface area (Å²) >= 11 is 0. The molecule has 2 saturated heterocycles. The van der Waals surface area contributed by atoms with Crippen LogP contribution in [0.15, 0.2) is 0 Å². The first-order valence-electron chi connectivity index (χ1n) is 6.75. The molecule has 0 aromatic carbocycles. The van der Waals surface area contributed by atoms with Crippen LogP contribution in [0.3, 0.4) is 0 Å². The zero-order valence-corrected chi connectivity index (χ0v) is 12.9. The molecule has 19 heavy (non-hydrogen) atoms. The van der Waals surface area contributed by atoms with Crippen LogP contribution in [-0.4, -0.2) is 49.8 Å². The van der Waals surface area contributed by atoms with E-state index in [-0.39, 0.29) is 30.0 Å². The molecule has 2 fully saturated rings. The van der Waals surface area contributed by atoms with Crippen molar-refractivity contribution in [1.29, 1.82) is 0 Å².